The summed E-state index contributed by atoms with van der Waals surface area (Å²) in [5, 5.41) is 38.0. The van der Waals surface area contributed by atoms with E-state index in [0.717, 1.165) is 5.69 Å². The number of H-pyrrole nitrogens is 1. The van der Waals surface area contributed by atoms with Crippen molar-refractivity contribution in [3.63, 3.8) is 0 Å². The number of nitriles is 1. The molecular formula is C14H10N8O2. The lowest BCUT2D eigenvalue weighted by molar-refractivity contribution is 0.0690. The third-order valence-electron chi connectivity index (χ3n) is 3.03. The van der Waals surface area contributed by atoms with E-state index < -0.39 is 5.97 Å². The fourth-order valence-corrected chi connectivity index (χ4v) is 1.87. The number of aromatic amines is 1. The number of aromatic nitrogens is 6. The Bertz CT molecular complexity index is 919. The lowest BCUT2D eigenvalue weighted by Gasteiger charge is -2.04. The maximum atomic E-state index is 10.8. The van der Waals surface area contributed by atoms with E-state index in [2.05, 4.69) is 31.0 Å². The fourth-order valence-electron chi connectivity index (χ4n) is 1.87. The molecule has 0 atom stereocenters. The van der Waals surface area contributed by atoms with Gasteiger partial charge in [0.15, 0.2) is 5.69 Å². The van der Waals surface area contributed by atoms with Gasteiger partial charge in [-0.2, -0.15) is 15.6 Å². The highest BCUT2D eigenvalue weighted by Crippen LogP contribution is 2.14. The fraction of sp³-hybridized carbons (Fsp3) is 0. The minimum Gasteiger partial charge on any atom is -0.476 e. The molecule has 0 saturated carbocycles. The number of nitrogens with one attached hydrogen (secondary N) is 2. The van der Waals surface area contributed by atoms with Crippen LogP contribution >= 0.6 is 0 Å². The van der Waals surface area contributed by atoms with Crippen LogP contribution in [0.4, 0.5) is 5.69 Å². The molecule has 118 valence electrons. The van der Waals surface area contributed by atoms with Crippen LogP contribution in [-0.2, 0) is 0 Å². The van der Waals surface area contributed by atoms with Crippen molar-refractivity contribution >= 4 is 17.2 Å². The van der Waals surface area contributed by atoms with Gasteiger partial charge in [-0.05, 0) is 35.5 Å². The molecule has 3 rings (SSSR count). The van der Waals surface area contributed by atoms with E-state index >= 15 is 0 Å². The monoisotopic (exact) mass is 322 g/mol. The summed E-state index contributed by atoms with van der Waals surface area (Å²) in [4.78, 5) is 10.8. The molecule has 0 aliphatic carbocycles. The molecule has 0 amide bonds. The van der Waals surface area contributed by atoms with Crippen molar-refractivity contribution < 1.29 is 9.90 Å². The molecule has 0 bridgehead atoms. The van der Waals surface area contributed by atoms with E-state index in [-0.39, 0.29) is 17.1 Å². The van der Waals surface area contributed by atoms with Crippen LogP contribution in [0.3, 0.4) is 0 Å². The average molecular weight is 322 g/mol. The third-order valence-corrected chi connectivity index (χ3v) is 3.03. The number of carbonyl (C=O) groups is 1. The zero-order chi connectivity index (χ0) is 16.9. The SMILES string of the molecule is N#CC(=CNc1ccc(-n2ccc(C(=O)O)n2)cc1)c1nn[nH]n1. The van der Waals surface area contributed by atoms with Gasteiger partial charge in [0.1, 0.15) is 11.6 Å². The van der Waals surface area contributed by atoms with Gasteiger partial charge < -0.3 is 10.4 Å². The van der Waals surface area contributed by atoms with Gasteiger partial charge in [-0.15, -0.1) is 10.2 Å². The molecule has 24 heavy (non-hydrogen) atoms. The summed E-state index contributed by atoms with van der Waals surface area (Å²) < 4.78 is 1.46. The lowest BCUT2D eigenvalue weighted by atomic mass is 10.2. The Morgan fingerprint density at radius 1 is 1.33 bits per heavy atom. The van der Waals surface area contributed by atoms with Gasteiger partial charge in [0, 0.05) is 18.1 Å². The van der Waals surface area contributed by atoms with E-state index in [4.69, 9.17) is 10.4 Å². The van der Waals surface area contributed by atoms with Crippen molar-refractivity contribution in [2.75, 3.05) is 5.32 Å². The van der Waals surface area contributed by atoms with Crippen LogP contribution in [0.15, 0.2) is 42.7 Å². The predicted molar refractivity (Wildman–Crippen MR) is 81.9 cm³/mol. The van der Waals surface area contributed by atoms with Crippen LogP contribution < -0.4 is 5.32 Å². The van der Waals surface area contributed by atoms with Gasteiger partial charge in [0.2, 0.25) is 5.82 Å². The Balaban J connectivity index is 1.75. The van der Waals surface area contributed by atoms with Gasteiger partial charge in [-0.3, -0.25) is 0 Å². The molecule has 0 fully saturated rings. The van der Waals surface area contributed by atoms with Crippen LogP contribution in [0.5, 0.6) is 0 Å². The molecule has 0 aliphatic rings. The number of carboxylic acid groups (broad SMARTS) is 1. The normalized spacial score (nSPS) is 11.0. The second-order valence-electron chi connectivity index (χ2n) is 4.55. The summed E-state index contributed by atoms with van der Waals surface area (Å²) in [5.74, 6) is -0.887. The first-order valence-electron chi connectivity index (χ1n) is 6.67. The first kappa shape index (κ1) is 14.9. The van der Waals surface area contributed by atoms with Crippen molar-refractivity contribution in [2.24, 2.45) is 0 Å². The second-order valence-corrected chi connectivity index (χ2v) is 4.55. The maximum Gasteiger partial charge on any atom is 0.356 e. The summed E-state index contributed by atoms with van der Waals surface area (Å²) >= 11 is 0. The number of benzene rings is 1. The quantitative estimate of drug-likeness (QED) is 0.591. The molecule has 3 N–H and O–H groups in total. The van der Waals surface area contributed by atoms with Crippen LogP contribution in [-0.4, -0.2) is 41.5 Å². The summed E-state index contributed by atoms with van der Waals surface area (Å²) in [6, 6.07) is 10.4. The van der Waals surface area contributed by atoms with E-state index in [9.17, 15) is 4.79 Å². The standard InChI is InChI=1S/C14H10N8O2/c15-7-9(13-17-20-21-18-13)8-16-10-1-3-11(4-2-10)22-6-5-12(19-22)14(23)24/h1-6,8,16H,(H,23,24)(H,17,18,20,21). The molecule has 0 radical (unpaired) electrons. The molecule has 0 unspecified atom stereocenters. The number of hydrogen-bond donors (Lipinski definition) is 3. The number of rotatable bonds is 5. The molecular weight excluding hydrogens is 312 g/mol. The van der Waals surface area contributed by atoms with Crippen LogP contribution in [0.25, 0.3) is 11.3 Å². The molecule has 3 aromatic rings. The molecule has 0 spiro atoms. The largest absolute Gasteiger partial charge is 0.476 e. The zero-order valence-corrected chi connectivity index (χ0v) is 12.1. The Labute approximate surface area is 135 Å². The highest BCUT2D eigenvalue weighted by molar-refractivity contribution is 5.85. The number of tetrazole rings is 1. The Hall–Kier alpha value is -4.00. The molecule has 1 aromatic carbocycles. The number of allylic oxidation sites excluding steroid dienone is 1. The van der Waals surface area contributed by atoms with E-state index in [1.54, 1.807) is 30.5 Å². The molecule has 0 aliphatic heterocycles. The Morgan fingerprint density at radius 3 is 2.71 bits per heavy atom. The van der Waals surface area contributed by atoms with Crippen molar-refractivity contribution in [3.05, 3.63) is 54.2 Å². The minimum absolute atomic E-state index is 0.0288. The second kappa shape index (κ2) is 6.41. The first-order chi connectivity index (χ1) is 11.7. The Kier molecular flexibility index (Phi) is 3.98. The van der Waals surface area contributed by atoms with Gasteiger partial charge in [-0.1, -0.05) is 0 Å². The van der Waals surface area contributed by atoms with Crippen LogP contribution in [0.2, 0.25) is 0 Å². The van der Waals surface area contributed by atoms with Crippen molar-refractivity contribution in [1.82, 2.24) is 30.4 Å². The van der Waals surface area contributed by atoms with Crippen molar-refractivity contribution in [1.29, 1.82) is 5.26 Å². The van der Waals surface area contributed by atoms with Gasteiger partial charge >= 0.3 is 5.97 Å². The minimum atomic E-state index is -1.08. The molecule has 2 heterocycles. The van der Waals surface area contributed by atoms with Crippen LogP contribution in [0, 0.1) is 11.3 Å². The topological polar surface area (TPSA) is 145 Å². The summed E-state index contributed by atoms with van der Waals surface area (Å²) in [5.41, 5.74) is 1.63. The number of nitrogens with zero attached hydrogens (tertiary/aromatic N) is 6. The average Bonchev–Trinajstić information content (AvgIpc) is 3.28. The molecule has 0 saturated heterocycles. The first-order valence-corrected chi connectivity index (χ1v) is 6.67. The van der Waals surface area contributed by atoms with E-state index in [1.807, 2.05) is 6.07 Å². The Morgan fingerprint density at radius 2 is 2.12 bits per heavy atom. The summed E-state index contributed by atoms with van der Waals surface area (Å²) in [6.07, 6.45) is 3.03. The number of aromatic carboxylic acids is 1. The smallest absolute Gasteiger partial charge is 0.356 e. The lowest BCUT2D eigenvalue weighted by Crippen LogP contribution is -2.01. The number of carboxylic acids is 1. The zero-order valence-electron chi connectivity index (χ0n) is 12.1. The molecule has 10 nitrogen and oxygen atoms in total. The number of hydrogen-bond acceptors (Lipinski definition) is 7. The number of anilines is 1. The highest BCUT2D eigenvalue weighted by Gasteiger charge is 2.08. The van der Waals surface area contributed by atoms with Crippen molar-refractivity contribution in [2.45, 2.75) is 0 Å². The van der Waals surface area contributed by atoms with E-state index in [0.29, 0.717) is 5.69 Å². The van der Waals surface area contributed by atoms with E-state index in [1.165, 1.54) is 16.9 Å². The molecule has 2 aromatic heterocycles. The van der Waals surface area contributed by atoms with Gasteiger partial charge in [0.25, 0.3) is 0 Å². The maximum absolute atomic E-state index is 10.8. The summed E-state index contributed by atoms with van der Waals surface area (Å²) in [7, 11) is 0. The summed E-state index contributed by atoms with van der Waals surface area (Å²) in [6.45, 7) is 0. The van der Waals surface area contributed by atoms with Crippen LogP contribution in [0.1, 0.15) is 16.3 Å². The molecule has 10 heteroatoms. The van der Waals surface area contributed by atoms with Gasteiger partial charge in [0.05, 0.1) is 5.69 Å². The third kappa shape index (κ3) is 3.09. The van der Waals surface area contributed by atoms with Crippen molar-refractivity contribution in [3.8, 4) is 11.8 Å². The highest BCUT2D eigenvalue weighted by atomic mass is 16.4. The predicted octanol–water partition coefficient (Wildman–Crippen LogP) is 1.06. The van der Waals surface area contributed by atoms with Gasteiger partial charge in [-0.25, -0.2) is 9.48 Å².